The Hall–Kier alpha value is -2.12. The van der Waals surface area contributed by atoms with Crippen molar-refractivity contribution >= 4 is 23.9 Å². The van der Waals surface area contributed by atoms with Crippen LogP contribution in [0.4, 0.5) is 0 Å². The lowest BCUT2D eigenvalue weighted by Crippen LogP contribution is -2.56. The minimum absolute atomic E-state index is 0.0657. The van der Waals surface area contributed by atoms with Gasteiger partial charge in [-0.1, -0.05) is 27.7 Å². The molecule has 0 rings (SSSR count). The molecule has 0 aliphatic carbocycles. The van der Waals surface area contributed by atoms with Crippen molar-refractivity contribution in [3.05, 3.63) is 0 Å². The number of ether oxygens (including phenoxy) is 4. The van der Waals surface area contributed by atoms with E-state index in [1.807, 2.05) is 0 Å². The van der Waals surface area contributed by atoms with Gasteiger partial charge in [-0.05, 0) is 25.7 Å². The van der Waals surface area contributed by atoms with Crippen LogP contribution in [0.3, 0.4) is 0 Å². The number of hydrogen-bond acceptors (Lipinski definition) is 8. The second kappa shape index (κ2) is 12.3. The summed E-state index contributed by atoms with van der Waals surface area (Å²) >= 11 is 0. The average molecular weight is 360 g/mol. The largest absolute Gasteiger partial charge is 0.464 e. The van der Waals surface area contributed by atoms with Crippen LogP contribution in [-0.4, -0.2) is 50.3 Å². The molecule has 0 spiro atoms. The average Bonchev–Trinajstić information content (AvgIpc) is 2.61. The Morgan fingerprint density at radius 3 is 0.880 bits per heavy atom. The van der Waals surface area contributed by atoms with Crippen molar-refractivity contribution in [1.82, 2.24) is 0 Å². The molecule has 0 heterocycles. The molecular formula is C17H28O8. The molecule has 0 atom stereocenters. The number of esters is 4. The molecule has 0 saturated carbocycles. The molecule has 8 nitrogen and oxygen atoms in total. The smallest absolute Gasteiger partial charge is 0.355 e. The van der Waals surface area contributed by atoms with Gasteiger partial charge in [-0.3, -0.25) is 0 Å². The van der Waals surface area contributed by atoms with E-state index >= 15 is 0 Å². The minimum Gasteiger partial charge on any atom is -0.464 e. The first-order valence-corrected chi connectivity index (χ1v) is 8.62. The lowest BCUT2D eigenvalue weighted by atomic mass is 9.88. The summed E-state index contributed by atoms with van der Waals surface area (Å²) < 4.78 is 19.7. The third-order valence-electron chi connectivity index (χ3n) is 2.97. The molecule has 0 unspecified atom stereocenters. The Balaban J connectivity index is 5.90. The molecule has 0 aliphatic heterocycles. The van der Waals surface area contributed by atoms with Crippen LogP contribution in [0.2, 0.25) is 0 Å². The zero-order valence-electron chi connectivity index (χ0n) is 15.4. The standard InChI is InChI=1S/C17H28O8/c1-5-9-22-13(18)17(14(19)23-10-6-2,15(20)24-11-7-3)16(21)25-12-8-4/h5-12H2,1-4H3. The summed E-state index contributed by atoms with van der Waals surface area (Å²) in [5.74, 6) is -5.34. The van der Waals surface area contributed by atoms with Gasteiger partial charge in [-0.15, -0.1) is 0 Å². The predicted octanol–water partition coefficient (Wildman–Crippen LogP) is 1.79. The summed E-state index contributed by atoms with van der Waals surface area (Å²) in [5, 5.41) is 0. The molecular weight excluding hydrogens is 332 g/mol. The van der Waals surface area contributed by atoms with E-state index in [0.29, 0.717) is 25.7 Å². The molecule has 0 amide bonds. The molecule has 0 aromatic heterocycles. The van der Waals surface area contributed by atoms with Crippen LogP contribution in [0.15, 0.2) is 0 Å². The van der Waals surface area contributed by atoms with E-state index < -0.39 is 29.3 Å². The summed E-state index contributed by atoms with van der Waals surface area (Å²) in [6.45, 7) is 6.66. The van der Waals surface area contributed by atoms with Crippen molar-refractivity contribution in [1.29, 1.82) is 0 Å². The quantitative estimate of drug-likeness (QED) is 0.295. The lowest BCUT2D eigenvalue weighted by molar-refractivity contribution is -0.193. The molecule has 0 bridgehead atoms. The van der Waals surface area contributed by atoms with Crippen molar-refractivity contribution in [3.63, 3.8) is 0 Å². The van der Waals surface area contributed by atoms with Gasteiger partial charge in [0.05, 0.1) is 26.4 Å². The number of rotatable bonds is 12. The summed E-state index contributed by atoms with van der Waals surface area (Å²) in [5.41, 5.74) is -2.91. The highest BCUT2D eigenvalue weighted by atomic mass is 16.6. The van der Waals surface area contributed by atoms with Crippen molar-refractivity contribution in [2.24, 2.45) is 5.41 Å². The normalized spacial score (nSPS) is 10.7. The molecule has 0 aromatic carbocycles. The Morgan fingerprint density at radius 1 is 0.520 bits per heavy atom. The van der Waals surface area contributed by atoms with E-state index in [4.69, 9.17) is 18.9 Å². The molecule has 144 valence electrons. The van der Waals surface area contributed by atoms with E-state index in [1.165, 1.54) is 0 Å². The predicted molar refractivity (Wildman–Crippen MR) is 87.4 cm³/mol. The maximum Gasteiger partial charge on any atom is 0.355 e. The molecule has 0 aliphatic rings. The third-order valence-corrected chi connectivity index (χ3v) is 2.97. The Labute approximate surface area is 148 Å². The lowest BCUT2D eigenvalue weighted by Gasteiger charge is -2.25. The van der Waals surface area contributed by atoms with Crippen molar-refractivity contribution in [2.75, 3.05) is 26.4 Å². The first kappa shape index (κ1) is 22.9. The van der Waals surface area contributed by atoms with Crippen LogP contribution in [0.5, 0.6) is 0 Å². The SMILES string of the molecule is CCCOC(=O)C(C(=O)OCCC)(C(=O)OCCC)C(=O)OCCC. The number of carbonyl (C=O) groups is 4. The number of carbonyl (C=O) groups excluding carboxylic acids is 4. The number of hydrogen-bond donors (Lipinski definition) is 0. The molecule has 0 aromatic rings. The maximum atomic E-state index is 12.5. The Morgan fingerprint density at radius 2 is 0.720 bits per heavy atom. The molecule has 25 heavy (non-hydrogen) atoms. The second-order valence-corrected chi connectivity index (χ2v) is 5.29. The fourth-order valence-corrected chi connectivity index (χ4v) is 1.71. The molecule has 0 N–H and O–H groups in total. The monoisotopic (exact) mass is 360 g/mol. The second-order valence-electron chi connectivity index (χ2n) is 5.29. The van der Waals surface area contributed by atoms with Crippen LogP contribution in [0.1, 0.15) is 53.4 Å². The molecule has 0 radical (unpaired) electrons. The maximum absolute atomic E-state index is 12.5. The van der Waals surface area contributed by atoms with Gasteiger partial charge in [0.25, 0.3) is 0 Å². The van der Waals surface area contributed by atoms with Gasteiger partial charge in [-0.25, -0.2) is 19.2 Å². The first-order chi connectivity index (χ1) is 11.9. The van der Waals surface area contributed by atoms with Crippen molar-refractivity contribution in [3.8, 4) is 0 Å². The summed E-state index contributed by atoms with van der Waals surface area (Å²) in [6.07, 6.45) is 1.78. The summed E-state index contributed by atoms with van der Waals surface area (Å²) in [7, 11) is 0. The van der Waals surface area contributed by atoms with Gasteiger partial charge in [0.2, 0.25) is 0 Å². The molecule has 8 heteroatoms. The first-order valence-electron chi connectivity index (χ1n) is 8.62. The van der Waals surface area contributed by atoms with E-state index in [-0.39, 0.29) is 26.4 Å². The van der Waals surface area contributed by atoms with Gasteiger partial charge >= 0.3 is 29.3 Å². The minimum atomic E-state index is -2.91. The fourth-order valence-electron chi connectivity index (χ4n) is 1.71. The van der Waals surface area contributed by atoms with E-state index in [2.05, 4.69) is 0 Å². The van der Waals surface area contributed by atoms with E-state index in [9.17, 15) is 19.2 Å². The Bertz CT molecular complexity index is 372. The highest BCUT2D eigenvalue weighted by Crippen LogP contribution is 2.27. The van der Waals surface area contributed by atoms with E-state index in [0.717, 1.165) is 0 Å². The summed E-state index contributed by atoms with van der Waals surface area (Å²) in [4.78, 5) is 50.1. The van der Waals surface area contributed by atoms with Crippen molar-refractivity contribution < 1.29 is 38.1 Å². The van der Waals surface area contributed by atoms with Gasteiger partial charge < -0.3 is 18.9 Å². The van der Waals surface area contributed by atoms with Crippen molar-refractivity contribution in [2.45, 2.75) is 53.4 Å². The third kappa shape index (κ3) is 6.03. The topological polar surface area (TPSA) is 105 Å². The summed E-state index contributed by atoms with van der Waals surface area (Å²) in [6, 6.07) is 0. The zero-order chi connectivity index (χ0) is 19.3. The van der Waals surface area contributed by atoms with Gasteiger partial charge in [0, 0.05) is 0 Å². The molecule has 0 fully saturated rings. The van der Waals surface area contributed by atoms with Crippen LogP contribution >= 0.6 is 0 Å². The van der Waals surface area contributed by atoms with Gasteiger partial charge in [0.1, 0.15) is 0 Å². The highest BCUT2D eigenvalue weighted by molar-refractivity contribution is 6.32. The zero-order valence-corrected chi connectivity index (χ0v) is 15.4. The van der Waals surface area contributed by atoms with Crippen LogP contribution < -0.4 is 0 Å². The van der Waals surface area contributed by atoms with Gasteiger partial charge in [0.15, 0.2) is 0 Å². The van der Waals surface area contributed by atoms with Crippen LogP contribution in [0, 0.1) is 5.41 Å². The Kier molecular flexibility index (Phi) is 11.2. The molecule has 0 saturated heterocycles. The fraction of sp³-hybridized carbons (Fsp3) is 0.765. The van der Waals surface area contributed by atoms with E-state index in [1.54, 1.807) is 27.7 Å². The van der Waals surface area contributed by atoms with Crippen LogP contribution in [0.25, 0.3) is 0 Å². The van der Waals surface area contributed by atoms with Gasteiger partial charge in [-0.2, -0.15) is 0 Å². The van der Waals surface area contributed by atoms with Crippen LogP contribution in [-0.2, 0) is 38.1 Å². The highest BCUT2D eigenvalue weighted by Gasteiger charge is 2.65.